The molecule has 1 amide bonds. The number of carbonyl (C=O) groups is 1. The number of aryl methyl sites for hydroxylation is 4. The van der Waals surface area contributed by atoms with E-state index in [9.17, 15) is 4.79 Å². The van der Waals surface area contributed by atoms with E-state index in [1.54, 1.807) is 0 Å². The molecule has 2 saturated heterocycles. The van der Waals surface area contributed by atoms with Gasteiger partial charge in [0.1, 0.15) is 0 Å². The van der Waals surface area contributed by atoms with Gasteiger partial charge in [0, 0.05) is 43.0 Å². The monoisotopic (exact) mass is 378 g/mol. The summed E-state index contributed by atoms with van der Waals surface area (Å²) in [6, 6.07) is 8.55. The molecule has 2 aliphatic rings. The van der Waals surface area contributed by atoms with E-state index in [1.807, 2.05) is 19.9 Å². The molecular formula is C23H30N4O. The standard InChI is InChI=1S/C23H30N4O/c1-16-5-6-17(2)20(13-16)15-27-21(28)7-8-23(27)9-11-26(12-10-23)22-24-18(3)14-19(4)25-22/h5-6,13-14H,7-12,15H2,1-4H3. The van der Waals surface area contributed by atoms with E-state index < -0.39 is 0 Å². The Morgan fingerprint density at radius 1 is 0.964 bits per heavy atom. The minimum atomic E-state index is -0.0113. The Morgan fingerprint density at radius 3 is 2.32 bits per heavy atom. The molecule has 0 saturated carbocycles. The number of carbonyl (C=O) groups excluding carboxylic acids is 1. The lowest BCUT2D eigenvalue weighted by atomic mass is 9.84. The molecule has 2 aliphatic heterocycles. The van der Waals surface area contributed by atoms with Crippen LogP contribution in [-0.4, -0.2) is 39.4 Å². The first kappa shape index (κ1) is 18.9. The van der Waals surface area contributed by atoms with Crippen LogP contribution in [0.15, 0.2) is 24.3 Å². The topological polar surface area (TPSA) is 49.3 Å². The molecule has 0 unspecified atom stereocenters. The minimum absolute atomic E-state index is 0.0113. The van der Waals surface area contributed by atoms with E-state index in [1.165, 1.54) is 16.7 Å². The van der Waals surface area contributed by atoms with Crippen LogP contribution >= 0.6 is 0 Å². The number of hydrogen-bond donors (Lipinski definition) is 0. The highest BCUT2D eigenvalue weighted by Crippen LogP contribution is 2.41. The predicted molar refractivity (Wildman–Crippen MR) is 111 cm³/mol. The molecular weight excluding hydrogens is 348 g/mol. The molecule has 148 valence electrons. The molecule has 4 rings (SSSR count). The van der Waals surface area contributed by atoms with Crippen molar-refractivity contribution in [1.82, 2.24) is 14.9 Å². The summed E-state index contributed by atoms with van der Waals surface area (Å²) in [5.41, 5.74) is 5.80. The quantitative estimate of drug-likeness (QED) is 0.813. The van der Waals surface area contributed by atoms with Crippen molar-refractivity contribution in [2.45, 2.75) is 65.5 Å². The Kier molecular flexibility index (Phi) is 4.86. The SMILES string of the molecule is Cc1ccc(C)c(CN2C(=O)CCC23CCN(c2nc(C)cc(C)n2)CC3)c1. The first-order valence-electron chi connectivity index (χ1n) is 10.3. The van der Waals surface area contributed by atoms with Crippen LogP contribution in [0.5, 0.6) is 0 Å². The maximum Gasteiger partial charge on any atom is 0.225 e. The molecule has 3 heterocycles. The molecule has 1 aromatic heterocycles. The zero-order chi connectivity index (χ0) is 19.9. The normalized spacial score (nSPS) is 18.9. The highest BCUT2D eigenvalue weighted by atomic mass is 16.2. The van der Waals surface area contributed by atoms with Crippen LogP contribution in [0.25, 0.3) is 0 Å². The number of anilines is 1. The van der Waals surface area contributed by atoms with Crippen molar-refractivity contribution in [1.29, 1.82) is 0 Å². The molecule has 1 aromatic carbocycles. The maximum absolute atomic E-state index is 12.8. The second-order valence-electron chi connectivity index (χ2n) is 8.57. The van der Waals surface area contributed by atoms with Crippen LogP contribution in [0.2, 0.25) is 0 Å². The van der Waals surface area contributed by atoms with E-state index in [0.717, 1.165) is 56.2 Å². The maximum atomic E-state index is 12.8. The van der Waals surface area contributed by atoms with Gasteiger partial charge in [-0.25, -0.2) is 9.97 Å². The summed E-state index contributed by atoms with van der Waals surface area (Å²) in [4.78, 5) is 26.5. The van der Waals surface area contributed by atoms with Crippen molar-refractivity contribution in [2.75, 3.05) is 18.0 Å². The van der Waals surface area contributed by atoms with E-state index in [2.05, 4.69) is 51.8 Å². The van der Waals surface area contributed by atoms with Crippen LogP contribution in [0.1, 0.15) is 53.8 Å². The predicted octanol–water partition coefficient (Wildman–Crippen LogP) is 3.87. The summed E-state index contributed by atoms with van der Waals surface area (Å²) in [5, 5.41) is 0. The third-order valence-corrected chi connectivity index (χ3v) is 6.46. The molecule has 2 aromatic rings. The summed E-state index contributed by atoms with van der Waals surface area (Å²) in [6.07, 6.45) is 3.61. The number of likely N-dealkylation sites (tertiary alicyclic amines) is 1. The third kappa shape index (κ3) is 3.50. The van der Waals surface area contributed by atoms with E-state index in [0.29, 0.717) is 12.3 Å². The number of amides is 1. The van der Waals surface area contributed by atoms with Crippen molar-refractivity contribution in [2.24, 2.45) is 0 Å². The second kappa shape index (κ2) is 7.19. The van der Waals surface area contributed by atoms with Gasteiger partial charge in [-0.1, -0.05) is 23.8 Å². The summed E-state index contributed by atoms with van der Waals surface area (Å²) in [6.45, 7) is 10.8. The Hall–Kier alpha value is -2.43. The highest BCUT2D eigenvalue weighted by Gasteiger charge is 2.47. The molecule has 0 radical (unpaired) electrons. The molecule has 0 aliphatic carbocycles. The van der Waals surface area contributed by atoms with Gasteiger partial charge in [-0.3, -0.25) is 4.79 Å². The lowest BCUT2D eigenvalue weighted by Crippen LogP contribution is -2.53. The zero-order valence-corrected chi connectivity index (χ0v) is 17.5. The zero-order valence-electron chi connectivity index (χ0n) is 17.5. The van der Waals surface area contributed by atoms with Gasteiger partial charge >= 0.3 is 0 Å². The number of rotatable bonds is 3. The van der Waals surface area contributed by atoms with E-state index in [4.69, 9.17) is 0 Å². The average molecular weight is 379 g/mol. The fourth-order valence-electron chi connectivity index (χ4n) is 4.76. The molecule has 28 heavy (non-hydrogen) atoms. The van der Waals surface area contributed by atoms with E-state index in [-0.39, 0.29) is 5.54 Å². The van der Waals surface area contributed by atoms with Crippen molar-refractivity contribution < 1.29 is 4.79 Å². The number of benzene rings is 1. The first-order chi connectivity index (χ1) is 13.4. The summed E-state index contributed by atoms with van der Waals surface area (Å²) >= 11 is 0. The average Bonchev–Trinajstić information content (AvgIpc) is 2.94. The first-order valence-corrected chi connectivity index (χ1v) is 10.3. The molecule has 2 fully saturated rings. The van der Waals surface area contributed by atoms with Crippen LogP contribution in [0, 0.1) is 27.7 Å². The van der Waals surface area contributed by atoms with Gasteiger partial charge in [-0.05, 0) is 64.2 Å². The van der Waals surface area contributed by atoms with Crippen molar-refractivity contribution in [3.05, 3.63) is 52.3 Å². The molecule has 0 bridgehead atoms. The Labute approximate surface area is 167 Å². The number of nitrogens with zero attached hydrogens (tertiary/aromatic N) is 4. The second-order valence-corrected chi connectivity index (χ2v) is 8.57. The number of piperidine rings is 1. The summed E-state index contributed by atoms with van der Waals surface area (Å²) in [7, 11) is 0. The van der Waals surface area contributed by atoms with Gasteiger partial charge < -0.3 is 9.80 Å². The van der Waals surface area contributed by atoms with Crippen LogP contribution in [-0.2, 0) is 11.3 Å². The minimum Gasteiger partial charge on any atom is -0.341 e. The van der Waals surface area contributed by atoms with Crippen molar-refractivity contribution in [3.63, 3.8) is 0 Å². The lowest BCUT2D eigenvalue weighted by Gasteiger charge is -2.45. The van der Waals surface area contributed by atoms with Gasteiger partial charge in [0.2, 0.25) is 11.9 Å². The van der Waals surface area contributed by atoms with Crippen molar-refractivity contribution in [3.8, 4) is 0 Å². The van der Waals surface area contributed by atoms with Crippen LogP contribution in [0.3, 0.4) is 0 Å². The number of hydrogen-bond acceptors (Lipinski definition) is 4. The van der Waals surface area contributed by atoms with Gasteiger partial charge in [0.15, 0.2) is 0 Å². The lowest BCUT2D eigenvalue weighted by molar-refractivity contribution is -0.132. The smallest absolute Gasteiger partial charge is 0.225 e. The number of aromatic nitrogens is 2. The molecule has 5 nitrogen and oxygen atoms in total. The van der Waals surface area contributed by atoms with Crippen LogP contribution < -0.4 is 4.90 Å². The molecule has 1 spiro atoms. The fourth-order valence-corrected chi connectivity index (χ4v) is 4.76. The largest absolute Gasteiger partial charge is 0.341 e. The van der Waals surface area contributed by atoms with E-state index >= 15 is 0 Å². The molecule has 0 atom stereocenters. The Balaban J connectivity index is 1.53. The molecule has 5 heteroatoms. The van der Waals surface area contributed by atoms with Crippen LogP contribution in [0.4, 0.5) is 5.95 Å². The van der Waals surface area contributed by atoms with Gasteiger partial charge in [0.25, 0.3) is 0 Å². The summed E-state index contributed by atoms with van der Waals surface area (Å²) < 4.78 is 0. The fraction of sp³-hybridized carbons (Fsp3) is 0.522. The Morgan fingerprint density at radius 2 is 1.64 bits per heavy atom. The van der Waals surface area contributed by atoms with Crippen molar-refractivity contribution >= 4 is 11.9 Å². The Bertz CT molecular complexity index is 879. The van der Waals surface area contributed by atoms with Gasteiger partial charge in [0.05, 0.1) is 0 Å². The summed E-state index contributed by atoms with van der Waals surface area (Å²) in [5.74, 6) is 1.13. The molecule has 0 N–H and O–H groups in total. The van der Waals surface area contributed by atoms with Gasteiger partial charge in [-0.15, -0.1) is 0 Å². The third-order valence-electron chi connectivity index (χ3n) is 6.46. The van der Waals surface area contributed by atoms with Gasteiger partial charge in [-0.2, -0.15) is 0 Å². The highest BCUT2D eigenvalue weighted by molar-refractivity contribution is 5.80.